The Morgan fingerprint density at radius 1 is 0.592 bits per heavy atom. The number of rotatable bonds is 13. The Balaban J connectivity index is 1.11. The Hall–Kier alpha value is -3.69. The second-order valence-electron chi connectivity index (χ2n) is 13.2. The molecule has 49 heavy (non-hydrogen) atoms. The number of benzene rings is 3. The summed E-state index contributed by atoms with van der Waals surface area (Å²) in [5, 5.41) is 0. The molecule has 266 valence electrons. The molecule has 2 fully saturated rings. The van der Waals surface area contributed by atoms with E-state index < -0.39 is 40.5 Å². The number of carbonyl (C=O) groups excluding carboxylic acids is 1. The minimum Gasteiger partial charge on any atom is -0.491 e. The van der Waals surface area contributed by atoms with Crippen LogP contribution in [0.2, 0.25) is 0 Å². The number of ether oxygens (including phenoxy) is 3. The normalized spacial score (nSPS) is 21.0. The standard InChI is InChI=1S/C39H44F6O4/c1-3-5-6-7-22-48-32-20-18-28(34(41)38(32)45)23-8-10-25(11-9-23)39(46)49-26-14-12-24(13-15-26)27-16-17-29(35(42)33(27)40)30-19-21-31(47-4-2)37(44)36(30)43/h16-21,23-26H,3-15,22H2,1-2H3/t23?,24-,25?,26-. The van der Waals surface area contributed by atoms with Gasteiger partial charge in [0.05, 0.1) is 19.1 Å². The Kier molecular flexibility index (Phi) is 12.6. The molecule has 0 aromatic heterocycles. The third-order valence-corrected chi connectivity index (χ3v) is 9.98. The van der Waals surface area contributed by atoms with Gasteiger partial charge in [0.25, 0.3) is 0 Å². The fourth-order valence-electron chi connectivity index (χ4n) is 7.17. The van der Waals surface area contributed by atoms with Crippen molar-refractivity contribution in [2.75, 3.05) is 13.2 Å². The molecule has 0 aliphatic heterocycles. The molecular weight excluding hydrogens is 646 g/mol. The minimum atomic E-state index is -1.32. The van der Waals surface area contributed by atoms with Crippen LogP contribution >= 0.6 is 0 Å². The maximum atomic E-state index is 15.3. The highest BCUT2D eigenvalue weighted by atomic mass is 19.2. The summed E-state index contributed by atoms with van der Waals surface area (Å²) >= 11 is 0. The average molecular weight is 691 g/mol. The molecule has 0 unspecified atom stereocenters. The summed E-state index contributed by atoms with van der Waals surface area (Å²) in [4.78, 5) is 13.0. The first-order chi connectivity index (χ1) is 23.6. The summed E-state index contributed by atoms with van der Waals surface area (Å²) in [6.45, 7) is 4.17. The van der Waals surface area contributed by atoms with Crippen molar-refractivity contribution in [3.8, 4) is 22.6 Å². The molecule has 5 rings (SSSR count). The smallest absolute Gasteiger partial charge is 0.309 e. The Morgan fingerprint density at radius 3 is 1.73 bits per heavy atom. The van der Waals surface area contributed by atoms with Gasteiger partial charge in [0.1, 0.15) is 6.10 Å². The van der Waals surface area contributed by atoms with Crippen molar-refractivity contribution >= 4 is 5.97 Å². The predicted octanol–water partition coefficient (Wildman–Crippen LogP) is 11.1. The van der Waals surface area contributed by atoms with Crippen molar-refractivity contribution in [2.24, 2.45) is 5.92 Å². The van der Waals surface area contributed by atoms with Gasteiger partial charge in [-0.3, -0.25) is 4.79 Å². The van der Waals surface area contributed by atoms with Crippen molar-refractivity contribution in [3.63, 3.8) is 0 Å². The molecule has 0 radical (unpaired) electrons. The van der Waals surface area contributed by atoms with Crippen molar-refractivity contribution in [1.82, 2.24) is 0 Å². The topological polar surface area (TPSA) is 44.8 Å². The Morgan fingerprint density at radius 2 is 1.10 bits per heavy atom. The fourth-order valence-corrected chi connectivity index (χ4v) is 7.17. The van der Waals surface area contributed by atoms with Crippen LogP contribution in [0.25, 0.3) is 11.1 Å². The van der Waals surface area contributed by atoms with Gasteiger partial charge in [-0.05, 0) is 106 Å². The largest absolute Gasteiger partial charge is 0.491 e. The van der Waals surface area contributed by atoms with Crippen molar-refractivity contribution in [1.29, 1.82) is 0 Å². The van der Waals surface area contributed by atoms with Crippen LogP contribution in [0.4, 0.5) is 26.3 Å². The molecule has 0 amide bonds. The molecule has 0 spiro atoms. The number of carbonyl (C=O) groups is 1. The molecule has 2 saturated carbocycles. The number of hydrogen-bond acceptors (Lipinski definition) is 4. The zero-order valence-corrected chi connectivity index (χ0v) is 28.1. The van der Waals surface area contributed by atoms with E-state index in [1.165, 1.54) is 24.3 Å². The number of esters is 1. The first kappa shape index (κ1) is 36.6. The lowest BCUT2D eigenvalue weighted by atomic mass is 9.78. The molecule has 0 heterocycles. The van der Waals surface area contributed by atoms with E-state index in [2.05, 4.69) is 6.92 Å². The van der Waals surface area contributed by atoms with Crippen LogP contribution in [0, 0.1) is 40.8 Å². The van der Waals surface area contributed by atoms with Gasteiger partial charge in [-0.1, -0.05) is 44.4 Å². The van der Waals surface area contributed by atoms with Crippen LogP contribution < -0.4 is 9.47 Å². The lowest BCUT2D eigenvalue weighted by molar-refractivity contribution is -0.157. The zero-order valence-electron chi connectivity index (χ0n) is 28.1. The van der Waals surface area contributed by atoms with Gasteiger partial charge in [-0.2, -0.15) is 8.78 Å². The van der Waals surface area contributed by atoms with Crippen LogP contribution in [0.5, 0.6) is 11.5 Å². The van der Waals surface area contributed by atoms with Gasteiger partial charge in [0, 0.05) is 11.1 Å². The van der Waals surface area contributed by atoms with Gasteiger partial charge in [-0.25, -0.2) is 17.6 Å². The number of unbranched alkanes of at least 4 members (excludes halogenated alkanes) is 3. The highest BCUT2D eigenvalue weighted by Crippen LogP contribution is 2.42. The van der Waals surface area contributed by atoms with E-state index in [4.69, 9.17) is 14.2 Å². The average Bonchev–Trinajstić information content (AvgIpc) is 3.11. The summed E-state index contributed by atoms with van der Waals surface area (Å²) in [7, 11) is 0. The summed E-state index contributed by atoms with van der Waals surface area (Å²) in [5.74, 6) is -8.41. The summed E-state index contributed by atoms with van der Waals surface area (Å²) < 4.78 is 106. The lowest BCUT2D eigenvalue weighted by Crippen LogP contribution is -2.30. The second-order valence-corrected chi connectivity index (χ2v) is 13.2. The lowest BCUT2D eigenvalue weighted by Gasteiger charge is -2.32. The van der Waals surface area contributed by atoms with Crippen molar-refractivity contribution in [2.45, 2.75) is 109 Å². The molecule has 10 heteroatoms. The second kappa shape index (κ2) is 16.8. The van der Waals surface area contributed by atoms with E-state index in [9.17, 15) is 22.4 Å². The maximum Gasteiger partial charge on any atom is 0.309 e. The van der Waals surface area contributed by atoms with Crippen molar-refractivity contribution in [3.05, 3.63) is 82.4 Å². The molecule has 4 nitrogen and oxygen atoms in total. The van der Waals surface area contributed by atoms with E-state index in [0.29, 0.717) is 63.5 Å². The third-order valence-electron chi connectivity index (χ3n) is 9.98. The monoisotopic (exact) mass is 690 g/mol. The molecule has 3 aromatic rings. The molecule has 2 aliphatic carbocycles. The molecule has 0 atom stereocenters. The number of halogens is 6. The van der Waals surface area contributed by atoms with Crippen LogP contribution in [0.3, 0.4) is 0 Å². The van der Waals surface area contributed by atoms with Gasteiger partial charge < -0.3 is 14.2 Å². The highest BCUT2D eigenvalue weighted by Gasteiger charge is 2.34. The van der Waals surface area contributed by atoms with Gasteiger partial charge in [0.15, 0.2) is 34.8 Å². The minimum absolute atomic E-state index is 0.0781. The molecule has 3 aromatic carbocycles. The van der Waals surface area contributed by atoms with E-state index in [1.54, 1.807) is 13.0 Å². The molecular formula is C39H44F6O4. The first-order valence-electron chi connectivity index (χ1n) is 17.5. The van der Waals surface area contributed by atoms with E-state index in [0.717, 1.165) is 31.7 Å². The van der Waals surface area contributed by atoms with Gasteiger partial charge in [0.2, 0.25) is 11.6 Å². The molecule has 0 saturated heterocycles. The quantitative estimate of drug-likeness (QED) is 0.102. The first-order valence-corrected chi connectivity index (χ1v) is 17.5. The van der Waals surface area contributed by atoms with E-state index >= 15 is 8.78 Å². The zero-order chi connectivity index (χ0) is 35.1. The van der Waals surface area contributed by atoms with Gasteiger partial charge in [-0.15, -0.1) is 0 Å². The predicted molar refractivity (Wildman–Crippen MR) is 175 cm³/mol. The Labute approximate surface area is 284 Å². The number of hydrogen-bond donors (Lipinski definition) is 0. The van der Waals surface area contributed by atoms with Crippen LogP contribution in [0.15, 0.2) is 36.4 Å². The fraction of sp³-hybridized carbons (Fsp3) is 0.513. The van der Waals surface area contributed by atoms with E-state index in [1.807, 2.05) is 0 Å². The third kappa shape index (κ3) is 8.38. The summed E-state index contributed by atoms with van der Waals surface area (Å²) in [6.07, 6.45) is 7.39. The van der Waals surface area contributed by atoms with Crippen LogP contribution in [-0.2, 0) is 9.53 Å². The van der Waals surface area contributed by atoms with Gasteiger partial charge >= 0.3 is 5.97 Å². The van der Waals surface area contributed by atoms with Crippen LogP contribution in [-0.4, -0.2) is 25.3 Å². The summed E-state index contributed by atoms with van der Waals surface area (Å²) in [6, 6.07) is 8.08. The molecule has 0 bridgehead atoms. The highest BCUT2D eigenvalue weighted by molar-refractivity contribution is 5.73. The molecule has 2 aliphatic rings. The Bertz CT molecular complexity index is 1600. The summed E-state index contributed by atoms with van der Waals surface area (Å²) in [5.41, 5.74) is -0.340. The van der Waals surface area contributed by atoms with E-state index in [-0.39, 0.29) is 59.1 Å². The molecule has 0 N–H and O–H groups in total. The van der Waals surface area contributed by atoms with Crippen LogP contribution in [0.1, 0.15) is 114 Å². The van der Waals surface area contributed by atoms with Crippen molar-refractivity contribution < 1.29 is 45.3 Å². The SMILES string of the molecule is CCCCCCOc1ccc(C2CCC(C(=O)O[C@H]3CC[C@H](c4ccc(-c5ccc(OCC)c(F)c5F)c(F)c4F)CC3)CC2)c(F)c1F. The maximum absolute atomic E-state index is 15.3.